The van der Waals surface area contributed by atoms with Crippen LogP contribution >= 0.6 is 0 Å². The van der Waals surface area contributed by atoms with Gasteiger partial charge >= 0.3 is 0 Å². The Balaban J connectivity index is 2.09. The highest BCUT2D eigenvalue weighted by atomic mass is 16.5. The molecule has 2 N–H and O–H groups in total. The number of nitrogens with one attached hydrogen (secondary N) is 2. The van der Waals surface area contributed by atoms with Gasteiger partial charge in [0.25, 0.3) is 5.91 Å². The van der Waals surface area contributed by atoms with E-state index in [9.17, 15) is 4.79 Å². The van der Waals surface area contributed by atoms with Crippen molar-refractivity contribution >= 4 is 11.6 Å². The van der Waals surface area contributed by atoms with E-state index in [4.69, 9.17) is 0 Å². The van der Waals surface area contributed by atoms with Gasteiger partial charge < -0.3 is 15.2 Å². The van der Waals surface area contributed by atoms with Crippen molar-refractivity contribution in [1.82, 2.24) is 15.5 Å². The van der Waals surface area contributed by atoms with Crippen LogP contribution in [0.25, 0.3) is 0 Å². The number of carbonyl (C=O) groups excluding carboxylic acids is 1. The van der Waals surface area contributed by atoms with Crippen molar-refractivity contribution in [3.8, 4) is 0 Å². The van der Waals surface area contributed by atoms with Crippen LogP contribution in [0.4, 0.5) is 5.69 Å². The quantitative estimate of drug-likeness (QED) is 0.856. The highest BCUT2D eigenvalue weighted by Crippen LogP contribution is 2.17. The lowest BCUT2D eigenvalue weighted by molar-refractivity contribution is 0.0950. The lowest BCUT2D eigenvalue weighted by Crippen LogP contribution is -2.24. The Morgan fingerprint density at radius 1 is 1.42 bits per heavy atom. The Hall–Kier alpha value is -2.37. The maximum atomic E-state index is 12.1. The first kappa shape index (κ1) is 13.1. The summed E-state index contributed by atoms with van der Waals surface area (Å²) in [5, 5.41) is 9.57. The highest BCUT2D eigenvalue weighted by Gasteiger charge is 2.11. The van der Waals surface area contributed by atoms with Gasteiger partial charge in [0.1, 0.15) is 0 Å². The number of anilines is 1. The molecule has 2 aromatic rings. The molecule has 19 heavy (non-hydrogen) atoms. The van der Waals surface area contributed by atoms with E-state index in [2.05, 4.69) is 25.3 Å². The molecule has 6 nitrogen and oxygen atoms in total. The van der Waals surface area contributed by atoms with Gasteiger partial charge in [0.2, 0.25) is 6.39 Å². The molecule has 0 atom stereocenters. The third kappa shape index (κ3) is 3.31. The minimum atomic E-state index is -0.166. The van der Waals surface area contributed by atoms with Crippen LogP contribution in [0.5, 0.6) is 0 Å². The fraction of sp³-hybridized carbons (Fsp3) is 0.308. The standard InChI is InChI=1S/C13H16N4O2/c1-3-14-11-6-9(2)4-5-10(11)13(18)15-7-12-16-8-19-17-12/h4-6,8,14H,3,7H2,1-2H3,(H,15,18). The second-order valence-electron chi connectivity index (χ2n) is 4.11. The summed E-state index contributed by atoms with van der Waals surface area (Å²) in [6, 6.07) is 5.66. The molecule has 1 amide bonds. The van der Waals surface area contributed by atoms with Crippen molar-refractivity contribution < 1.29 is 9.32 Å². The second-order valence-corrected chi connectivity index (χ2v) is 4.11. The monoisotopic (exact) mass is 260 g/mol. The van der Waals surface area contributed by atoms with Crippen LogP contribution in [-0.2, 0) is 6.54 Å². The number of hydrogen-bond donors (Lipinski definition) is 2. The minimum Gasteiger partial charge on any atom is -0.385 e. The van der Waals surface area contributed by atoms with Crippen molar-refractivity contribution in [2.45, 2.75) is 20.4 Å². The van der Waals surface area contributed by atoms with Gasteiger partial charge in [-0.3, -0.25) is 4.79 Å². The molecule has 0 aliphatic carbocycles. The Morgan fingerprint density at radius 3 is 2.95 bits per heavy atom. The van der Waals surface area contributed by atoms with Crippen LogP contribution in [0.1, 0.15) is 28.7 Å². The molecule has 0 aliphatic heterocycles. The van der Waals surface area contributed by atoms with Crippen LogP contribution in [0.15, 0.2) is 29.1 Å². The van der Waals surface area contributed by atoms with E-state index in [1.807, 2.05) is 26.0 Å². The first-order valence-electron chi connectivity index (χ1n) is 6.08. The largest absolute Gasteiger partial charge is 0.385 e. The predicted octanol–water partition coefficient (Wildman–Crippen LogP) is 1.74. The summed E-state index contributed by atoms with van der Waals surface area (Å²) in [6.45, 7) is 4.98. The van der Waals surface area contributed by atoms with Crippen molar-refractivity contribution in [2.75, 3.05) is 11.9 Å². The zero-order valence-corrected chi connectivity index (χ0v) is 10.9. The van der Waals surface area contributed by atoms with Gasteiger partial charge in [0, 0.05) is 12.2 Å². The molecule has 2 rings (SSSR count). The van der Waals surface area contributed by atoms with Gasteiger partial charge in [0.15, 0.2) is 5.82 Å². The van der Waals surface area contributed by atoms with Crippen molar-refractivity contribution in [3.05, 3.63) is 41.5 Å². The number of benzene rings is 1. The van der Waals surface area contributed by atoms with Gasteiger partial charge in [-0.05, 0) is 31.5 Å². The lowest BCUT2D eigenvalue weighted by atomic mass is 10.1. The average molecular weight is 260 g/mol. The number of aryl methyl sites for hydroxylation is 1. The van der Waals surface area contributed by atoms with Gasteiger partial charge in [-0.15, -0.1) is 0 Å². The summed E-state index contributed by atoms with van der Waals surface area (Å²) in [7, 11) is 0. The molecule has 0 spiro atoms. The molecule has 0 bridgehead atoms. The van der Waals surface area contributed by atoms with Crippen molar-refractivity contribution in [2.24, 2.45) is 0 Å². The Morgan fingerprint density at radius 2 is 2.26 bits per heavy atom. The summed E-state index contributed by atoms with van der Waals surface area (Å²) < 4.78 is 4.61. The molecule has 100 valence electrons. The summed E-state index contributed by atoms with van der Waals surface area (Å²) in [5.41, 5.74) is 2.54. The van der Waals surface area contributed by atoms with E-state index in [1.165, 1.54) is 6.39 Å². The van der Waals surface area contributed by atoms with Gasteiger partial charge in [-0.1, -0.05) is 11.2 Å². The molecular weight excluding hydrogens is 244 g/mol. The summed E-state index contributed by atoms with van der Waals surface area (Å²) in [5.74, 6) is 0.284. The first-order valence-corrected chi connectivity index (χ1v) is 6.08. The Labute approximate surface area is 111 Å². The topological polar surface area (TPSA) is 80.0 Å². The molecule has 0 saturated carbocycles. The molecule has 6 heteroatoms. The molecule has 0 fully saturated rings. The molecule has 0 unspecified atom stereocenters. The van der Waals surface area contributed by atoms with Gasteiger partial charge in [-0.2, -0.15) is 4.98 Å². The number of aromatic nitrogens is 2. The number of nitrogens with zero attached hydrogens (tertiary/aromatic N) is 2. The van der Waals surface area contributed by atoms with Crippen molar-refractivity contribution in [1.29, 1.82) is 0 Å². The Bertz CT molecular complexity index is 552. The third-order valence-electron chi connectivity index (χ3n) is 2.60. The van der Waals surface area contributed by atoms with E-state index in [0.29, 0.717) is 11.4 Å². The van der Waals surface area contributed by atoms with Crippen LogP contribution < -0.4 is 10.6 Å². The van der Waals surface area contributed by atoms with E-state index >= 15 is 0 Å². The molecule has 0 radical (unpaired) electrons. The van der Waals surface area contributed by atoms with E-state index < -0.39 is 0 Å². The maximum absolute atomic E-state index is 12.1. The van der Waals surface area contributed by atoms with Gasteiger partial charge in [-0.25, -0.2) is 0 Å². The molecule has 1 aromatic heterocycles. The van der Waals surface area contributed by atoms with Gasteiger partial charge in [0.05, 0.1) is 12.1 Å². The SMILES string of the molecule is CCNc1cc(C)ccc1C(=O)NCc1ncon1. The zero-order chi connectivity index (χ0) is 13.7. The number of hydrogen-bond acceptors (Lipinski definition) is 5. The second kappa shape index (κ2) is 5.99. The number of carbonyl (C=O) groups is 1. The predicted molar refractivity (Wildman–Crippen MR) is 70.8 cm³/mol. The molecule has 0 aliphatic rings. The molecule has 1 heterocycles. The van der Waals surface area contributed by atoms with E-state index in [0.717, 1.165) is 17.8 Å². The molecule has 0 saturated heterocycles. The summed E-state index contributed by atoms with van der Waals surface area (Å²) >= 11 is 0. The van der Waals surface area contributed by atoms with E-state index in [1.54, 1.807) is 6.07 Å². The zero-order valence-electron chi connectivity index (χ0n) is 10.9. The van der Waals surface area contributed by atoms with Crippen molar-refractivity contribution in [3.63, 3.8) is 0 Å². The number of amides is 1. The average Bonchev–Trinajstić information content (AvgIpc) is 2.90. The fourth-order valence-electron chi connectivity index (χ4n) is 1.72. The maximum Gasteiger partial charge on any atom is 0.253 e. The van der Waals surface area contributed by atoms with Crippen LogP contribution in [-0.4, -0.2) is 22.6 Å². The normalized spacial score (nSPS) is 10.2. The third-order valence-corrected chi connectivity index (χ3v) is 2.60. The summed E-state index contributed by atoms with van der Waals surface area (Å²) in [6.07, 6.45) is 1.23. The minimum absolute atomic E-state index is 0.166. The first-order chi connectivity index (χ1) is 9.20. The van der Waals surface area contributed by atoms with E-state index in [-0.39, 0.29) is 12.5 Å². The highest BCUT2D eigenvalue weighted by molar-refractivity contribution is 5.99. The summed E-state index contributed by atoms with van der Waals surface area (Å²) in [4.78, 5) is 16.0. The smallest absolute Gasteiger partial charge is 0.253 e. The molecular formula is C13H16N4O2. The van der Waals surface area contributed by atoms with Crippen LogP contribution in [0.2, 0.25) is 0 Å². The van der Waals surface area contributed by atoms with Crippen LogP contribution in [0, 0.1) is 6.92 Å². The lowest BCUT2D eigenvalue weighted by Gasteiger charge is -2.11. The van der Waals surface area contributed by atoms with Crippen LogP contribution in [0.3, 0.4) is 0 Å². The number of rotatable bonds is 5. The molecule has 1 aromatic carbocycles. The fourth-order valence-corrected chi connectivity index (χ4v) is 1.72. The Kier molecular flexibility index (Phi) is 4.12.